The van der Waals surface area contributed by atoms with Crippen LogP contribution < -0.4 is 4.74 Å². The van der Waals surface area contributed by atoms with Crippen molar-refractivity contribution in [2.45, 2.75) is 31.8 Å². The topological polar surface area (TPSA) is 95.4 Å². The molecule has 6 heteroatoms. The van der Waals surface area contributed by atoms with E-state index in [1.165, 1.54) is 0 Å². The van der Waals surface area contributed by atoms with Gasteiger partial charge >= 0.3 is 5.97 Å². The van der Waals surface area contributed by atoms with Crippen LogP contribution >= 0.6 is 0 Å². The summed E-state index contributed by atoms with van der Waals surface area (Å²) in [6.07, 6.45) is 3.61. The molecule has 1 fully saturated rings. The van der Waals surface area contributed by atoms with E-state index in [9.17, 15) is 9.90 Å². The molecule has 0 atom stereocenters. The number of rotatable bonds is 5. The largest absolute Gasteiger partial charge is 0.493 e. The molecular weight excluding hydrogens is 344 g/mol. The Bertz CT molecular complexity index is 940. The highest BCUT2D eigenvalue weighted by molar-refractivity contribution is 5.93. The number of carbonyl (C=O) groups is 1. The molecule has 0 unspecified atom stereocenters. The van der Waals surface area contributed by atoms with Crippen LogP contribution in [0.4, 0.5) is 0 Å². The van der Waals surface area contributed by atoms with Gasteiger partial charge in [-0.05, 0) is 74.1 Å². The maximum Gasteiger partial charge on any atom is 0.335 e. The van der Waals surface area contributed by atoms with E-state index in [2.05, 4.69) is 9.97 Å². The van der Waals surface area contributed by atoms with Crippen LogP contribution in [0.25, 0.3) is 22.4 Å². The van der Waals surface area contributed by atoms with E-state index >= 15 is 0 Å². The number of aliphatic hydroxyl groups is 1. The molecule has 0 bridgehead atoms. The molecule has 0 saturated heterocycles. The predicted octanol–water partition coefficient (Wildman–Crippen LogP) is 3.86. The average molecular weight is 366 g/mol. The number of aromatic amines is 1. The highest BCUT2D eigenvalue weighted by atomic mass is 16.5. The molecule has 1 aromatic heterocycles. The minimum atomic E-state index is -0.963. The van der Waals surface area contributed by atoms with Gasteiger partial charge in [-0.15, -0.1) is 0 Å². The third kappa shape index (κ3) is 3.95. The molecule has 0 radical (unpaired) electrons. The number of nitrogens with zero attached hydrogens (tertiary/aromatic N) is 1. The van der Waals surface area contributed by atoms with Gasteiger partial charge in [-0.3, -0.25) is 0 Å². The first kappa shape index (κ1) is 17.5. The Morgan fingerprint density at radius 2 is 1.85 bits per heavy atom. The third-order valence-electron chi connectivity index (χ3n) is 5.16. The van der Waals surface area contributed by atoms with Crippen LogP contribution in [0.3, 0.4) is 0 Å². The summed E-state index contributed by atoms with van der Waals surface area (Å²) in [5, 5.41) is 18.7. The summed E-state index contributed by atoms with van der Waals surface area (Å²) in [6.45, 7) is 0.675. The fraction of sp³-hybridized carbons (Fsp3) is 0.333. The van der Waals surface area contributed by atoms with Gasteiger partial charge in [0.05, 0.1) is 29.3 Å². The predicted molar refractivity (Wildman–Crippen MR) is 102 cm³/mol. The summed E-state index contributed by atoms with van der Waals surface area (Å²) in [7, 11) is 0. The molecule has 1 aliphatic rings. The number of aromatic nitrogens is 2. The molecule has 3 N–H and O–H groups in total. The van der Waals surface area contributed by atoms with Crippen LogP contribution in [-0.4, -0.2) is 38.9 Å². The molecule has 1 saturated carbocycles. The van der Waals surface area contributed by atoms with Crippen molar-refractivity contribution >= 4 is 17.0 Å². The first-order valence-electron chi connectivity index (χ1n) is 9.23. The molecule has 6 nitrogen and oxygen atoms in total. The summed E-state index contributed by atoms with van der Waals surface area (Å²) in [6, 6.07) is 12.6. The van der Waals surface area contributed by atoms with E-state index in [-0.39, 0.29) is 11.7 Å². The minimum absolute atomic E-state index is 0.143. The summed E-state index contributed by atoms with van der Waals surface area (Å²) >= 11 is 0. The Morgan fingerprint density at radius 3 is 2.56 bits per heavy atom. The zero-order valence-corrected chi connectivity index (χ0v) is 14.9. The molecule has 1 aliphatic carbocycles. The van der Waals surface area contributed by atoms with Gasteiger partial charge < -0.3 is 19.9 Å². The first-order valence-corrected chi connectivity index (χ1v) is 9.23. The van der Waals surface area contributed by atoms with Gasteiger partial charge in [-0.25, -0.2) is 9.78 Å². The van der Waals surface area contributed by atoms with Crippen molar-refractivity contribution in [1.29, 1.82) is 0 Å². The maximum atomic E-state index is 11.1. The fourth-order valence-electron chi connectivity index (χ4n) is 3.51. The highest BCUT2D eigenvalue weighted by Gasteiger charge is 2.19. The van der Waals surface area contributed by atoms with E-state index in [4.69, 9.17) is 9.84 Å². The lowest BCUT2D eigenvalue weighted by Gasteiger charge is -2.25. The second kappa shape index (κ2) is 7.40. The van der Waals surface area contributed by atoms with Crippen LogP contribution in [0.1, 0.15) is 36.0 Å². The number of H-pyrrole nitrogens is 1. The number of benzene rings is 2. The van der Waals surface area contributed by atoms with Crippen molar-refractivity contribution in [2.75, 3.05) is 6.61 Å². The van der Waals surface area contributed by atoms with Gasteiger partial charge in [0.1, 0.15) is 11.6 Å². The summed E-state index contributed by atoms with van der Waals surface area (Å²) in [5.74, 6) is 1.05. The molecule has 0 amide bonds. The normalized spacial score (nSPS) is 19.9. The third-order valence-corrected chi connectivity index (χ3v) is 5.16. The van der Waals surface area contributed by atoms with Crippen molar-refractivity contribution in [1.82, 2.24) is 9.97 Å². The van der Waals surface area contributed by atoms with Crippen molar-refractivity contribution in [2.24, 2.45) is 5.92 Å². The summed E-state index contributed by atoms with van der Waals surface area (Å²) in [4.78, 5) is 18.8. The van der Waals surface area contributed by atoms with E-state index in [0.29, 0.717) is 23.9 Å². The molecule has 0 aliphatic heterocycles. The Balaban J connectivity index is 1.44. The van der Waals surface area contributed by atoms with Crippen LogP contribution in [0.5, 0.6) is 5.75 Å². The average Bonchev–Trinajstić information content (AvgIpc) is 3.11. The minimum Gasteiger partial charge on any atom is -0.493 e. The van der Waals surface area contributed by atoms with Crippen molar-refractivity contribution in [3.63, 3.8) is 0 Å². The van der Waals surface area contributed by atoms with Gasteiger partial charge in [-0.2, -0.15) is 0 Å². The van der Waals surface area contributed by atoms with Gasteiger partial charge in [-0.1, -0.05) is 0 Å². The Morgan fingerprint density at radius 1 is 1.11 bits per heavy atom. The van der Waals surface area contributed by atoms with Gasteiger partial charge in [0, 0.05) is 5.56 Å². The molecule has 27 heavy (non-hydrogen) atoms. The number of hydrogen-bond acceptors (Lipinski definition) is 4. The lowest BCUT2D eigenvalue weighted by molar-refractivity contribution is 0.0697. The van der Waals surface area contributed by atoms with E-state index in [1.54, 1.807) is 18.2 Å². The lowest BCUT2D eigenvalue weighted by atomic mass is 9.88. The van der Waals surface area contributed by atoms with Crippen molar-refractivity contribution in [3.05, 3.63) is 48.0 Å². The van der Waals surface area contributed by atoms with E-state index in [1.807, 2.05) is 24.3 Å². The number of carboxylic acid groups (broad SMARTS) is 1. The number of ether oxygens (including phenoxy) is 1. The van der Waals surface area contributed by atoms with E-state index < -0.39 is 5.97 Å². The second-order valence-electron chi connectivity index (χ2n) is 7.13. The smallest absolute Gasteiger partial charge is 0.335 e. The summed E-state index contributed by atoms with van der Waals surface area (Å²) in [5.41, 5.74) is 2.57. The zero-order chi connectivity index (χ0) is 18.8. The van der Waals surface area contributed by atoms with Gasteiger partial charge in [0.2, 0.25) is 0 Å². The molecule has 0 spiro atoms. The second-order valence-corrected chi connectivity index (χ2v) is 7.13. The number of aliphatic hydroxyl groups excluding tert-OH is 1. The quantitative estimate of drug-likeness (QED) is 0.637. The Hall–Kier alpha value is -2.86. The van der Waals surface area contributed by atoms with Crippen LogP contribution in [0.2, 0.25) is 0 Å². The standard InChI is InChI=1S/C21H22N2O4/c24-16-6-1-13(2-7-16)12-27-17-8-3-14(4-9-17)20-22-18-10-5-15(21(25)26)11-19(18)23-20/h3-5,8-11,13,16,24H,1-2,6-7,12H2,(H,22,23)(H,25,26)/t13-,16+. The molecular formula is C21H22N2O4. The van der Waals surface area contributed by atoms with Crippen LogP contribution in [0.15, 0.2) is 42.5 Å². The monoisotopic (exact) mass is 366 g/mol. The number of aromatic carboxylic acids is 1. The first-order chi connectivity index (χ1) is 13.1. The van der Waals surface area contributed by atoms with Gasteiger partial charge in [0.25, 0.3) is 0 Å². The summed E-state index contributed by atoms with van der Waals surface area (Å²) < 4.78 is 5.90. The van der Waals surface area contributed by atoms with Crippen molar-refractivity contribution in [3.8, 4) is 17.1 Å². The molecule has 4 rings (SSSR count). The Kier molecular flexibility index (Phi) is 4.81. The molecule has 2 aromatic carbocycles. The number of imidazole rings is 1. The van der Waals surface area contributed by atoms with Gasteiger partial charge in [0.15, 0.2) is 0 Å². The molecule has 1 heterocycles. The van der Waals surface area contributed by atoms with E-state index in [0.717, 1.165) is 42.5 Å². The maximum absolute atomic E-state index is 11.1. The SMILES string of the molecule is O=C(O)c1ccc2[nH]c(-c3ccc(OC[C@H]4CC[C@@H](O)CC4)cc3)nc2c1. The molecule has 3 aromatic rings. The van der Waals surface area contributed by atoms with Crippen molar-refractivity contribution < 1.29 is 19.7 Å². The molecule has 140 valence electrons. The van der Waals surface area contributed by atoms with Crippen LogP contribution in [-0.2, 0) is 0 Å². The fourth-order valence-corrected chi connectivity index (χ4v) is 3.51. The van der Waals surface area contributed by atoms with Crippen LogP contribution in [0, 0.1) is 5.92 Å². The Labute approximate surface area is 156 Å². The zero-order valence-electron chi connectivity index (χ0n) is 14.9. The highest BCUT2D eigenvalue weighted by Crippen LogP contribution is 2.27. The lowest BCUT2D eigenvalue weighted by Crippen LogP contribution is -2.22. The number of carboxylic acids is 1. The number of fused-ring (bicyclic) bond motifs is 1. The number of hydrogen-bond donors (Lipinski definition) is 3. The number of nitrogens with one attached hydrogen (secondary N) is 1.